The number of H-pyrrole nitrogens is 1. The number of carbonyl (C=O) groups is 3. The molecular weight excluding hydrogens is 496 g/mol. The van der Waals surface area contributed by atoms with Crippen LogP contribution in [0.1, 0.15) is 48.0 Å². The zero-order valence-electron chi connectivity index (χ0n) is 20.1. The quantitative estimate of drug-likeness (QED) is 0.401. The SMILES string of the molecule is Nc1n[nH]c2cc(C(=O)N[C@@H](CC3CC3)C(=O)N3CCC[C@@]4(C3)OC(=O)Nc3ccc(Cl)cc34)ccc12. The van der Waals surface area contributed by atoms with Gasteiger partial charge in [-0.05, 0) is 61.6 Å². The third-order valence-electron chi connectivity index (χ3n) is 7.49. The second-order valence-corrected chi connectivity index (χ2v) is 10.6. The van der Waals surface area contributed by atoms with Gasteiger partial charge >= 0.3 is 6.09 Å². The summed E-state index contributed by atoms with van der Waals surface area (Å²) in [5.74, 6) is 0.249. The number of carbonyl (C=O) groups excluding carboxylic acids is 3. The van der Waals surface area contributed by atoms with Crippen molar-refractivity contribution in [2.75, 3.05) is 24.1 Å². The number of rotatable bonds is 5. The number of halogens is 1. The van der Waals surface area contributed by atoms with Gasteiger partial charge in [-0.1, -0.05) is 24.4 Å². The molecule has 1 aliphatic carbocycles. The fourth-order valence-electron chi connectivity index (χ4n) is 5.44. The molecule has 2 aliphatic heterocycles. The van der Waals surface area contributed by atoms with Crippen molar-refractivity contribution in [1.29, 1.82) is 0 Å². The fraction of sp³-hybridized carbons (Fsp3) is 0.385. The van der Waals surface area contributed by atoms with E-state index in [4.69, 9.17) is 22.1 Å². The number of piperidine rings is 1. The first-order valence-corrected chi connectivity index (χ1v) is 12.8. The Morgan fingerprint density at radius 2 is 2.11 bits per heavy atom. The molecule has 2 aromatic carbocycles. The first-order chi connectivity index (χ1) is 17.8. The summed E-state index contributed by atoms with van der Waals surface area (Å²) in [5.41, 5.74) is 7.30. The van der Waals surface area contributed by atoms with E-state index in [2.05, 4.69) is 20.8 Å². The highest BCUT2D eigenvalue weighted by molar-refractivity contribution is 6.30. The summed E-state index contributed by atoms with van der Waals surface area (Å²) in [5, 5.41) is 13.7. The second-order valence-electron chi connectivity index (χ2n) is 10.1. The Hall–Kier alpha value is -3.79. The number of hydrogen-bond acceptors (Lipinski definition) is 6. The largest absolute Gasteiger partial charge is 0.436 e. The second kappa shape index (κ2) is 8.95. The van der Waals surface area contributed by atoms with Crippen LogP contribution in [0.3, 0.4) is 0 Å². The van der Waals surface area contributed by atoms with Gasteiger partial charge in [-0.2, -0.15) is 5.10 Å². The van der Waals surface area contributed by atoms with Crippen LogP contribution < -0.4 is 16.4 Å². The highest BCUT2D eigenvalue weighted by atomic mass is 35.5. The summed E-state index contributed by atoms with van der Waals surface area (Å²) >= 11 is 6.27. The average molecular weight is 523 g/mol. The maximum absolute atomic E-state index is 13.8. The number of amides is 3. The molecule has 192 valence electrons. The maximum Gasteiger partial charge on any atom is 0.412 e. The van der Waals surface area contributed by atoms with E-state index >= 15 is 0 Å². The minimum absolute atomic E-state index is 0.177. The van der Waals surface area contributed by atoms with Gasteiger partial charge in [0.2, 0.25) is 5.91 Å². The molecule has 3 aliphatic rings. The topological polar surface area (TPSA) is 142 Å². The van der Waals surface area contributed by atoms with Crippen molar-refractivity contribution in [3.63, 3.8) is 0 Å². The highest BCUT2D eigenvalue weighted by Gasteiger charge is 2.47. The number of aromatic nitrogens is 2. The van der Waals surface area contributed by atoms with Gasteiger partial charge < -0.3 is 20.7 Å². The van der Waals surface area contributed by atoms with Gasteiger partial charge in [0.05, 0.1) is 17.7 Å². The lowest BCUT2D eigenvalue weighted by molar-refractivity contribution is -0.141. The number of nitrogen functional groups attached to an aromatic ring is 1. The molecular formula is C26H27ClN6O4. The van der Waals surface area contributed by atoms with E-state index in [0.717, 1.165) is 23.8 Å². The summed E-state index contributed by atoms with van der Waals surface area (Å²) in [6, 6.07) is 9.65. The molecule has 10 nitrogen and oxygen atoms in total. The molecule has 0 radical (unpaired) electrons. The summed E-state index contributed by atoms with van der Waals surface area (Å²) in [4.78, 5) is 41.1. The molecule has 1 saturated carbocycles. The first-order valence-electron chi connectivity index (χ1n) is 12.4. The minimum Gasteiger partial charge on any atom is -0.436 e. The van der Waals surface area contributed by atoms with Crippen molar-refractivity contribution in [2.24, 2.45) is 5.92 Å². The molecule has 6 rings (SSSR count). The van der Waals surface area contributed by atoms with E-state index in [1.807, 2.05) is 0 Å². The van der Waals surface area contributed by atoms with Crippen LogP contribution in [0.5, 0.6) is 0 Å². The number of nitrogens with one attached hydrogen (secondary N) is 3. The molecule has 0 bridgehead atoms. The minimum atomic E-state index is -0.990. The Bertz CT molecular complexity index is 1420. The number of fused-ring (bicyclic) bond motifs is 3. The lowest BCUT2D eigenvalue weighted by atomic mass is 9.83. The van der Waals surface area contributed by atoms with Crippen LogP contribution >= 0.6 is 11.6 Å². The van der Waals surface area contributed by atoms with Gasteiger partial charge in [0.25, 0.3) is 5.91 Å². The van der Waals surface area contributed by atoms with E-state index in [-0.39, 0.29) is 18.4 Å². The molecule has 2 fully saturated rings. The Balaban J connectivity index is 1.24. The monoisotopic (exact) mass is 522 g/mol. The van der Waals surface area contributed by atoms with E-state index in [1.165, 1.54) is 0 Å². The van der Waals surface area contributed by atoms with Crippen LogP contribution in [0, 0.1) is 5.92 Å². The standard InChI is InChI=1S/C26H27ClN6O4/c27-16-5-7-19-18(12-16)26(37-25(36)30-19)8-1-9-33(13-26)24(35)21(10-14-2-3-14)29-23(34)15-4-6-17-20(11-15)31-32-22(17)28/h4-7,11-12,14,21H,1-3,8-10,13H2,(H,29,34)(H,30,36)(H3,28,31,32)/t21-,26-/m0/s1. The zero-order valence-corrected chi connectivity index (χ0v) is 20.8. The number of hydrogen-bond donors (Lipinski definition) is 4. The van der Waals surface area contributed by atoms with E-state index in [0.29, 0.717) is 59.3 Å². The van der Waals surface area contributed by atoms with Gasteiger partial charge in [-0.15, -0.1) is 0 Å². The lowest BCUT2D eigenvalue weighted by Crippen LogP contribution is -2.57. The third-order valence-corrected chi connectivity index (χ3v) is 7.72. The summed E-state index contributed by atoms with van der Waals surface area (Å²) in [6.45, 7) is 0.709. The Morgan fingerprint density at radius 3 is 2.92 bits per heavy atom. The molecule has 1 saturated heterocycles. The van der Waals surface area contributed by atoms with Gasteiger partial charge in [0, 0.05) is 28.1 Å². The molecule has 11 heteroatoms. The van der Waals surface area contributed by atoms with Crippen LogP contribution in [0.15, 0.2) is 36.4 Å². The molecule has 1 aromatic heterocycles. The molecule has 2 atom stereocenters. The van der Waals surface area contributed by atoms with Crippen LogP contribution in [0.2, 0.25) is 5.02 Å². The Labute approximate surface area is 217 Å². The first kappa shape index (κ1) is 23.6. The number of ether oxygens (including phenoxy) is 1. The van der Waals surface area contributed by atoms with Gasteiger partial charge in [0.1, 0.15) is 6.04 Å². The lowest BCUT2D eigenvalue weighted by Gasteiger charge is -2.45. The highest BCUT2D eigenvalue weighted by Crippen LogP contribution is 2.43. The zero-order chi connectivity index (χ0) is 25.7. The van der Waals surface area contributed by atoms with Crippen LogP contribution in [-0.4, -0.2) is 52.1 Å². The van der Waals surface area contributed by atoms with Gasteiger partial charge in [-0.25, -0.2) is 4.79 Å². The fourth-order valence-corrected chi connectivity index (χ4v) is 5.61. The van der Waals surface area contributed by atoms with Gasteiger partial charge in [0.15, 0.2) is 11.4 Å². The summed E-state index contributed by atoms with van der Waals surface area (Å²) in [7, 11) is 0. The number of anilines is 2. The smallest absolute Gasteiger partial charge is 0.412 e. The van der Waals surface area contributed by atoms with Crippen molar-refractivity contribution in [1.82, 2.24) is 20.4 Å². The molecule has 1 spiro atoms. The van der Waals surface area contributed by atoms with Crippen molar-refractivity contribution in [2.45, 2.75) is 43.7 Å². The molecule has 37 heavy (non-hydrogen) atoms. The van der Waals surface area contributed by atoms with Crippen LogP contribution in [0.4, 0.5) is 16.3 Å². The average Bonchev–Trinajstić information content (AvgIpc) is 3.63. The predicted octanol–water partition coefficient (Wildman–Crippen LogP) is 3.78. The number of aromatic amines is 1. The van der Waals surface area contributed by atoms with Crippen molar-refractivity contribution < 1.29 is 19.1 Å². The number of nitrogens with zero attached hydrogens (tertiary/aromatic N) is 2. The number of benzene rings is 2. The third kappa shape index (κ3) is 4.46. The van der Waals surface area contributed by atoms with E-state index < -0.39 is 17.7 Å². The van der Waals surface area contributed by atoms with Crippen LogP contribution in [-0.2, 0) is 15.1 Å². The van der Waals surface area contributed by atoms with Crippen molar-refractivity contribution in [3.8, 4) is 0 Å². The van der Waals surface area contributed by atoms with Crippen LogP contribution in [0.25, 0.3) is 10.9 Å². The summed E-state index contributed by atoms with van der Waals surface area (Å²) < 4.78 is 5.83. The summed E-state index contributed by atoms with van der Waals surface area (Å²) in [6.07, 6.45) is 3.31. The Morgan fingerprint density at radius 1 is 1.27 bits per heavy atom. The number of nitrogens with two attached hydrogens (primary N) is 1. The van der Waals surface area contributed by atoms with Gasteiger partial charge in [-0.3, -0.25) is 20.0 Å². The van der Waals surface area contributed by atoms with E-state index in [9.17, 15) is 14.4 Å². The normalized spacial score (nSPS) is 21.8. The predicted molar refractivity (Wildman–Crippen MR) is 138 cm³/mol. The molecule has 3 heterocycles. The van der Waals surface area contributed by atoms with Crippen molar-refractivity contribution in [3.05, 3.63) is 52.5 Å². The molecule has 0 unspecified atom stereocenters. The van der Waals surface area contributed by atoms with Crippen molar-refractivity contribution >= 4 is 51.9 Å². The Kier molecular flexibility index (Phi) is 5.71. The molecule has 3 amide bonds. The number of likely N-dealkylation sites (tertiary alicyclic amines) is 1. The van der Waals surface area contributed by atoms with E-state index in [1.54, 1.807) is 41.3 Å². The maximum atomic E-state index is 13.8. The molecule has 5 N–H and O–H groups in total. The molecule has 3 aromatic rings.